The van der Waals surface area contributed by atoms with Gasteiger partial charge in [0.25, 0.3) is 0 Å². The van der Waals surface area contributed by atoms with Crippen LogP contribution in [0.4, 0.5) is 0 Å². The lowest BCUT2D eigenvalue weighted by molar-refractivity contribution is 0.322. The molecule has 1 aromatic carbocycles. The highest BCUT2D eigenvalue weighted by molar-refractivity contribution is 5.84. The molecule has 2 aromatic rings. The predicted molar refractivity (Wildman–Crippen MR) is 80.6 cm³/mol. The first-order chi connectivity index (χ1) is 9.56. The van der Waals surface area contributed by atoms with Gasteiger partial charge in [0, 0.05) is 31.9 Å². The van der Waals surface area contributed by atoms with Gasteiger partial charge in [-0.1, -0.05) is 30.3 Å². The van der Waals surface area contributed by atoms with Gasteiger partial charge in [0.15, 0.2) is 0 Å². The quantitative estimate of drug-likeness (QED) is 0.619. The Kier molecular flexibility index (Phi) is 4.53. The summed E-state index contributed by atoms with van der Waals surface area (Å²) < 4.78 is 1.79. The zero-order valence-corrected chi connectivity index (χ0v) is 12.0. The van der Waals surface area contributed by atoms with Crippen molar-refractivity contribution in [2.75, 3.05) is 13.6 Å². The third-order valence-corrected chi connectivity index (χ3v) is 3.28. The Morgan fingerprint density at radius 2 is 2.10 bits per heavy atom. The van der Waals surface area contributed by atoms with Crippen LogP contribution in [0.2, 0.25) is 0 Å². The molecule has 0 aliphatic rings. The van der Waals surface area contributed by atoms with Crippen LogP contribution in [0, 0.1) is 5.41 Å². The number of amidine groups is 1. The molecule has 0 saturated heterocycles. The van der Waals surface area contributed by atoms with E-state index in [4.69, 9.17) is 11.1 Å². The van der Waals surface area contributed by atoms with Crippen LogP contribution in [0.15, 0.2) is 42.7 Å². The van der Waals surface area contributed by atoms with Crippen molar-refractivity contribution in [3.8, 4) is 0 Å². The number of aromatic nitrogens is 2. The lowest BCUT2D eigenvalue weighted by atomic mass is 9.97. The molecule has 0 radical (unpaired) electrons. The summed E-state index contributed by atoms with van der Waals surface area (Å²) in [6.45, 7) is 1.51. The molecular weight excluding hydrogens is 250 g/mol. The van der Waals surface area contributed by atoms with Crippen molar-refractivity contribution in [1.82, 2.24) is 14.7 Å². The second kappa shape index (κ2) is 6.34. The molecule has 3 N–H and O–H groups in total. The Bertz CT molecular complexity index is 561. The van der Waals surface area contributed by atoms with Crippen molar-refractivity contribution in [3.05, 3.63) is 53.9 Å². The standard InChI is InChI=1S/C15H21N5/c1-19(9-12-8-18-20(2)10-12)11-14(15(16)17)13-6-4-3-5-7-13/h3-8,10,14H,9,11H2,1-2H3,(H3,16,17). The minimum Gasteiger partial charge on any atom is -0.387 e. The van der Waals surface area contributed by atoms with Crippen LogP contribution < -0.4 is 5.73 Å². The van der Waals surface area contributed by atoms with E-state index in [1.165, 1.54) is 0 Å². The molecule has 106 valence electrons. The summed E-state index contributed by atoms with van der Waals surface area (Å²) in [6, 6.07) is 9.97. The minimum absolute atomic E-state index is 0.0714. The van der Waals surface area contributed by atoms with Crippen molar-refractivity contribution in [2.45, 2.75) is 12.5 Å². The van der Waals surface area contributed by atoms with Gasteiger partial charge in [-0.25, -0.2) is 0 Å². The third-order valence-electron chi connectivity index (χ3n) is 3.28. The number of nitrogens with zero attached hydrogens (tertiary/aromatic N) is 3. The molecule has 0 amide bonds. The second-order valence-corrected chi connectivity index (χ2v) is 5.14. The summed E-state index contributed by atoms with van der Waals surface area (Å²) in [7, 11) is 3.94. The third kappa shape index (κ3) is 3.68. The summed E-state index contributed by atoms with van der Waals surface area (Å²) in [6.07, 6.45) is 3.86. The van der Waals surface area contributed by atoms with Gasteiger partial charge < -0.3 is 10.6 Å². The second-order valence-electron chi connectivity index (χ2n) is 5.14. The van der Waals surface area contributed by atoms with Crippen LogP contribution in [0.25, 0.3) is 0 Å². The number of nitrogens with two attached hydrogens (primary N) is 1. The number of likely N-dealkylation sites (N-methyl/N-ethyl adjacent to an activating group) is 1. The van der Waals surface area contributed by atoms with Gasteiger partial charge in [-0.15, -0.1) is 0 Å². The van der Waals surface area contributed by atoms with E-state index in [0.29, 0.717) is 6.54 Å². The highest BCUT2D eigenvalue weighted by atomic mass is 15.2. The van der Waals surface area contributed by atoms with E-state index < -0.39 is 0 Å². The maximum absolute atomic E-state index is 7.80. The molecule has 0 aliphatic carbocycles. The normalized spacial score (nSPS) is 12.6. The zero-order valence-electron chi connectivity index (χ0n) is 12.0. The molecule has 0 fully saturated rings. The molecule has 1 aromatic heterocycles. The summed E-state index contributed by atoms with van der Waals surface area (Å²) >= 11 is 0. The first kappa shape index (κ1) is 14.3. The molecule has 0 bridgehead atoms. The van der Waals surface area contributed by atoms with E-state index in [-0.39, 0.29) is 11.8 Å². The van der Waals surface area contributed by atoms with E-state index in [2.05, 4.69) is 10.00 Å². The molecule has 1 unspecified atom stereocenters. The zero-order chi connectivity index (χ0) is 14.5. The van der Waals surface area contributed by atoms with Gasteiger partial charge in [0.05, 0.1) is 18.0 Å². The molecular formula is C15H21N5. The van der Waals surface area contributed by atoms with Gasteiger partial charge in [-0.2, -0.15) is 5.10 Å². The van der Waals surface area contributed by atoms with E-state index >= 15 is 0 Å². The fourth-order valence-corrected chi connectivity index (χ4v) is 2.31. The van der Waals surface area contributed by atoms with E-state index in [1.807, 2.05) is 56.8 Å². The summed E-state index contributed by atoms with van der Waals surface area (Å²) in [4.78, 5) is 2.16. The van der Waals surface area contributed by atoms with Crippen molar-refractivity contribution in [1.29, 1.82) is 5.41 Å². The van der Waals surface area contributed by atoms with Crippen molar-refractivity contribution >= 4 is 5.84 Å². The van der Waals surface area contributed by atoms with E-state index in [9.17, 15) is 0 Å². The summed E-state index contributed by atoms with van der Waals surface area (Å²) in [5.41, 5.74) is 7.99. The van der Waals surface area contributed by atoms with Crippen molar-refractivity contribution < 1.29 is 0 Å². The highest BCUT2D eigenvalue weighted by Crippen LogP contribution is 2.17. The number of nitrogens with one attached hydrogen (secondary N) is 1. The first-order valence-electron chi connectivity index (χ1n) is 6.61. The summed E-state index contributed by atoms with van der Waals surface area (Å²) in [5, 5.41) is 12.0. The molecule has 5 nitrogen and oxygen atoms in total. The van der Waals surface area contributed by atoms with Gasteiger partial charge in [-0.05, 0) is 12.6 Å². The van der Waals surface area contributed by atoms with Crippen LogP contribution in [-0.4, -0.2) is 34.1 Å². The van der Waals surface area contributed by atoms with Crippen LogP contribution in [0.3, 0.4) is 0 Å². The molecule has 5 heteroatoms. The number of rotatable bonds is 6. The fourth-order valence-electron chi connectivity index (χ4n) is 2.31. The summed E-state index contributed by atoms with van der Waals surface area (Å²) in [5.74, 6) is 0.132. The smallest absolute Gasteiger partial charge is 0.0995 e. The van der Waals surface area contributed by atoms with Gasteiger partial charge in [0.2, 0.25) is 0 Å². The minimum atomic E-state index is -0.0714. The van der Waals surface area contributed by atoms with Gasteiger partial charge >= 0.3 is 0 Å². The van der Waals surface area contributed by atoms with Crippen LogP contribution in [-0.2, 0) is 13.6 Å². The largest absolute Gasteiger partial charge is 0.387 e. The molecule has 2 rings (SSSR count). The number of aryl methyl sites for hydroxylation is 1. The molecule has 20 heavy (non-hydrogen) atoms. The first-order valence-corrected chi connectivity index (χ1v) is 6.61. The number of benzene rings is 1. The Labute approximate surface area is 119 Å². The topological polar surface area (TPSA) is 70.9 Å². The Hall–Kier alpha value is -2.14. The maximum atomic E-state index is 7.80. The Morgan fingerprint density at radius 1 is 1.40 bits per heavy atom. The molecule has 1 atom stereocenters. The fraction of sp³-hybridized carbons (Fsp3) is 0.333. The average Bonchev–Trinajstić information content (AvgIpc) is 2.82. The lowest BCUT2D eigenvalue weighted by Gasteiger charge is -2.23. The van der Waals surface area contributed by atoms with Gasteiger partial charge in [-0.3, -0.25) is 10.1 Å². The lowest BCUT2D eigenvalue weighted by Crippen LogP contribution is -2.32. The van der Waals surface area contributed by atoms with Gasteiger partial charge in [0.1, 0.15) is 0 Å². The van der Waals surface area contributed by atoms with Crippen LogP contribution in [0.5, 0.6) is 0 Å². The molecule has 0 aliphatic heterocycles. The SMILES string of the molecule is CN(Cc1cnn(C)c1)CC(C(=N)N)c1ccccc1. The number of hydrogen-bond acceptors (Lipinski definition) is 3. The molecule has 1 heterocycles. The Balaban J connectivity index is 2.03. The van der Waals surface area contributed by atoms with Crippen LogP contribution >= 0.6 is 0 Å². The maximum Gasteiger partial charge on any atom is 0.0995 e. The monoisotopic (exact) mass is 271 g/mol. The predicted octanol–water partition coefficient (Wildman–Crippen LogP) is 1.57. The molecule has 0 spiro atoms. The Morgan fingerprint density at radius 3 is 2.65 bits per heavy atom. The van der Waals surface area contributed by atoms with Crippen molar-refractivity contribution in [2.24, 2.45) is 12.8 Å². The molecule has 0 saturated carbocycles. The van der Waals surface area contributed by atoms with Crippen LogP contribution in [0.1, 0.15) is 17.0 Å². The van der Waals surface area contributed by atoms with Crippen molar-refractivity contribution in [3.63, 3.8) is 0 Å². The van der Waals surface area contributed by atoms with E-state index in [1.54, 1.807) is 4.68 Å². The average molecular weight is 271 g/mol. The van der Waals surface area contributed by atoms with E-state index in [0.717, 1.165) is 17.7 Å². The number of hydrogen-bond donors (Lipinski definition) is 2. The highest BCUT2D eigenvalue weighted by Gasteiger charge is 2.17.